The van der Waals surface area contributed by atoms with Gasteiger partial charge < -0.3 is 86.4 Å². The average Bonchev–Trinajstić information content (AvgIpc) is 0.762. The molecule has 5 aliphatic heterocycles. The Kier molecular flexibility index (Phi) is 29.0. The van der Waals surface area contributed by atoms with Gasteiger partial charge in [0.2, 0.25) is 0 Å². The summed E-state index contributed by atoms with van der Waals surface area (Å²) in [6.45, 7) is -4.69. The van der Waals surface area contributed by atoms with Crippen LogP contribution in [0.3, 0.4) is 0 Å². The molecule has 0 spiro atoms. The monoisotopic (exact) mass is 1580 g/mol. The maximum Gasteiger partial charge on any atom is 0.397 e. The maximum atomic E-state index is 13.3. The molecular formula is C36H60O52S8. The van der Waals surface area contributed by atoms with E-state index in [1.54, 1.807) is 0 Å². The van der Waals surface area contributed by atoms with Gasteiger partial charge in [-0.3, -0.25) is 36.4 Å². The van der Waals surface area contributed by atoms with Gasteiger partial charge in [-0.2, -0.15) is 67.3 Å². The summed E-state index contributed by atoms with van der Waals surface area (Å²) >= 11 is 0. The molecule has 0 radical (unpaired) electrons. The highest BCUT2D eigenvalue weighted by Gasteiger charge is 2.63. The van der Waals surface area contributed by atoms with Crippen molar-refractivity contribution in [2.75, 3.05) is 62.5 Å². The van der Waals surface area contributed by atoms with Crippen LogP contribution < -0.4 is 0 Å². The molecule has 0 amide bonds. The minimum absolute atomic E-state index is 0.508. The van der Waals surface area contributed by atoms with Crippen LogP contribution in [0.4, 0.5) is 0 Å². The molecule has 564 valence electrons. The lowest BCUT2D eigenvalue weighted by molar-refractivity contribution is -0.386. The van der Waals surface area contributed by atoms with Crippen molar-refractivity contribution in [2.24, 2.45) is 0 Å². The molecule has 5 rings (SSSR count). The third-order valence-corrected chi connectivity index (χ3v) is 17.0. The number of rotatable bonds is 35. The van der Waals surface area contributed by atoms with E-state index >= 15 is 0 Å². The van der Waals surface area contributed by atoms with Crippen molar-refractivity contribution in [3.8, 4) is 0 Å². The Morgan fingerprint density at radius 1 is 0.292 bits per heavy atom. The zero-order chi connectivity index (χ0) is 73.0. The Morgan fingerprint density at radius 3 is 0.854 bits per heavy atom. The van der Waals surface area contributed by atoms with Gasteiger partial charge >= 0.3 is 95.1 Å². The van der Waals surface area contributed by atoms with Gasteiger partial charge in [-0.1, -0.05) is 0 Å². The summed E-state index contributed by atoms with van der Waals surface area (Å²) in [4.78, 5) is 26.5. The molecule has 5 aliphatic rings. The molecule has 5 heterocycles. The van der Waals surface area contributed by atoms with Crippen molar-refractivity contribution in [1.82, 2.24) is 0 Å². The molecule has 5 saturated heterocycles. The summed E-state index contributed by atoms with van der Waals surface area (Å²) in [5.41, 5.74) is 0. The summed E-state index contributed by atoms with van der Waals surface area (Å²) in [6.07, 6.45) is -65.3. The lowest BCUT2D eigenvalue weighted by atomic mass is 9.95. The fraction of sp³-hybridized carbons (Fsp3) is 0.944. The molecule has 0 bridgehead atoms. The fourth-order valence-electron chi connectivity index (χ4n) is 10.0. The van der Waals surface area contributed by atoms with Crippen LogP contribution in [0.1, 0.15) is 0 Å². The van der Waals surface area contributed by atoms with Crippen LogP contribution in [-0.2, 0) is 197 Å². The second-order valence-corrected chi connectivity index (χ2v) is 27.9. The molecule has 0 aliphatic carbocycles. The topological polar surface area (TPSA) is 742 Å². The van der Waals surface area contributed by atoms with Gasteiger partial charge in [0.05, 0.1) is 19.8 Å². The van der Waals surface area contributed by atoms with Crippen LogP contribution in [-0.4, -0.2) is 347 Å². The highest BCUT2D eigenvalue weighted by Crippen LogP contribution is 2.41. The van der Waals surface area contributed by atoms with Crippen LogP contribution >= 0.6 is 0 Å². The first-order chi connectivity index (χ1) is 43.9. The number of aliphatic hydroxyl groups excluding tert-OH is 1. The van der Waals surface area contributed by atoms with Crippen LogP contribution in [0.25, 0.3) is 0 Å². The van der Waals surface area contributed by atoms with E-state index in [0.29, 0.717) is 14.2 Å². The second-order valence-electron chi connectivity index (χ2n) is 19.4. The summed E-state index contributed by atoms with van der Waals surface area (Å²) in [5.74, 6) is -4.61. The van der Waals surface area contributed by atoms with Crippen LogP contribution in [0.15, 0.2) is 0 Å². The normalized spacial score (nSPS) is 37.3. The number of aliphatic hydroxyl groups is 1. The molecular weight excluding hydrogens is 1520 g/mol. The summed E-state index contributed by atoms with van der Waals surface area (Å²) in [7, 11) is -42.5. The lowest BCUT2D eigenvalue weighted by Crippen LogP contribution is -2.70. The number of carboxylic acid groups (broad SMARTS) is 2. The van der Waals surface area contributed by atoms with E-state index in [-0.39, 0.29) is 0 Å². The van der Waals surface area contributed by atoms with E-state index in [1.807, 2.05) is 0 Å². The van der Waals surface area contributed by atoms with Gasteiger partial charge in [-0.25, -0.2) is 43.1 Å². The Hall–Kier alpha value is -2.74. The van der Waals surface area contributed by atoms with E-state index in [4.69, 9.17) is 75.2 Å². The number of aliphatic carboxylic acids is 2. The van der Waals surface area contributed by atoms with Crippen LogP contribution in [0, 0.1) is 0 Å². The van der Waals surface area contributed by atoms with Gasteiger partial charge in [0.15, 0.2) is 68.1 Å². The molecule has 0 saturated carbocycles. The van der Waals surface area contributed by atoms with Crippen molar-refractivity contribution in [3.05, 3.63) is 0 Å². The van der Waals surface area contributed by atoms with Gasteiger partial charge in [0, 0.05) is 42.7 Å². The van der Waals surface area contributed by atoms with Crippen molar-refractivity contribution in [2.45, 2.75) is 154 Å². The standard InChI is InChI=1S/C36H60O52S8/c1-66-13-10(7-72-89(42,43)44)76-34(27(16(13)67-2)86-94(57,58)59)80-20-18(69-4)26(71-6)33(82-23(20)30(37)38)79-15-12(9-74-91(48,49)50)77-35(29(88-96(63,64)65)22(15)84-92(51,52)53)81-21-19(70-5)28(87-95(60,61)62)36(83-24(21)31(39)40)78-14-11(8-73-90(45,46)47)75-32(41)25(17(14)68-3)85-93(54,55)56/h10-29,32-36,41H,7-9H2,1-6H3,(H,37,38)(H,39,40)(H,42,43,44)(H,45,46,47)(H,48,49,50)(H,51,52,53)(H,54,55,56)(H,57,58,59)(H,60,61,62)(H,63,64,65)/t10-,11-,12-,13-,14-,15-,16-,17+,18+,19+,20+,21+,22+,23+,24+,25-,26-,27-,28-,29-,32+,33-,34+,35-,36-/m1/s1. The Labute approximate surface area is 542 Å². The number of hydrogen-bond acceptors (Lipinski definition) is 42. The average molecular weight is 1580 g/mol. The molecule has 11 N–H and O–H groups in total. The number of methoxy groups -OCH3 is 6. The number of hydrogen-bond donors (Lipinski definition) is 11. The summed E-state index contributed by atoms with van der Waals surface area (Å²) in [5, 5.41) is 32.0. The zero-order valence-corrected chi connectivity index (χ0v) is 55.0. The highest BCUT2D eigenvalue weighted by atomic mass is 32.3. The minimum Gasteiger partial charge on any atom is -0.479 e. The predicted molar refractivity (Wildman–Crippen MR) is 280 cm³/mol. The number of carboxylic acids is 2. The second kappa shape index (κ2) is 33.1. The molecule has 25 atom stereocenters. The predicted octanol–water partition coefficient (Wildman–Crippen LogP) is -9.20. The molecule has 96 heavy (non-hydrogen) atoms. The Morgan fingerprint density at radius 2 is 0.531 bits per heavy atom. The Balaban J connectivity index is 1.66. The maximum absolute atomic E-state index is 13.3. The number of carbonyl (C=O) groups is 2. The van der Waals surface area contributed by atoms with Crippen LogP contribution in [0.2, 0.25) is 0 Å². The molecule has 60 heteroatoms. The van der Waals surface area contributed by atoms with E-state index in [9.17, 15) is 129 Å². The third kappa shape index (κ3) is 23.9. The van der Waals surface area contributed by atoms with E-state index in [0.717, 1.165) is 28.4 Å². The minimum atomic E-state index is -6.32. The molecule has 0 aromatic heterocycles. The van der Waals surface area contributed by atoms with Crippen molar-refractivity contribution in [1.29, 1.82) is 0 Å². The zero-order valence-electron chi connectivity index (χ0n) is 48.5. The molecule has 0 unspecified atom stereocenters. The van der Waals surface area contributed by atoms with E-state index < -0.39 is 268 Å². The number of ether oxygens (including phenoxy) is 15. The first-order valence-electron chi connectivity index (χ1n) is 25.2. The summed E-state index contributed by atoms with van der Waals surface area (Å²) in [6, 6.07) is 0. The van der Waals surface area contributed by atoms with Crippen molar-refractivity contribution >= 4 is 95.1 Å². The van der Waals surface area contributed by atoms with Crippen molar-refractivity contribution < 1.29 is 233 Å². The summed E-state index contributed by atoms with van der Waals surface area (Å²) < 4.78 is 392. The van der Waals surface area contributed by atoms with E-state index in [2.05, 4.69) is 29.3 Å². The quantitative estimate of drug-likeness (QED) is 0.0263. The smallest absolute Gasteiger partial charge is 0.397 e. The van der Waals surface area contributed by atoms with Gasteiger partial charge in [-0.15, -0.1) is 0 Å². The highest BCUT2D eigenvalue weighted by molar-refractivity contribution is 7.82. The molecule has 0 aromatic carbocycles. The van der Waals surface area contributed by atoms with Gasteiger partial charge in [-0.05, 0) is 0 Å². The van der Waals surface area contributed by atoms with Crippen molar-refractivity contribution in [3.63, 3.8) is 0 Å². The lowest BCUT2D eigenvalue weighted by Gasteiger charge is -2.51. The van der Waals surface area contributed by atoms with Gasteiger partial charge in [0.1, 0.15) is 85.5 Å². The largest absolute Gasteiger partial charge is 0.479 e. The first kappa shape index (κ1) is 83.9. The molecule has 0 aromatic rings. The SMILES string of the molecule is CO[C@@H]1[C@@H](OS(=O)(=O)O)[C@H](O[C@H]2[C@H](OC)[C@@H](OS(=O)(=O)O)[C@@H](O)O[C@@H]2COS(=O)(=O)O)O[C@H](C(=O)O)[C@H]1O[C@H]1O[C@H](COS(=O)(=O)O)[C@@H](O[C@@H]2O[C@H](C(=O)O)[C@@H](O[C@@H]3O[C@H](COS(=O)(=O)O)[C@@H](OC)[C@@H](OC)[C@H]3OS(=O)(=O)O)[C@H](OC)[C@H]2OC)[C@H](OS(=O)(=O)O)[C@H]1OS(=O)(=O)O. The van der Waals surface area contributed by atoms with E-state index in [1.165, 1.54) is 0 Å². The molecule has 52 nitrogen and oxygen atoms in total. The third-order valence-electron chi connectivity index (χ3n) is 13.4. The first-order valence-corrected chi connectivity index (χ1v) is 36.1. The molecule has 5 fully saturated rings. The fourth-order valence-corrected chi connectivity index (χ4v) is 13.4. The van der Waals surface area contributed by atoms with Gasteiger partial charge in [0.25, 0.3) is 0 Å². The Bertz CT molecular complexity index is 3570. The van der Waals surface area contributed by atoms with Crippen LogP contribution in [0.5, 0.6) is 0 Å².